The molecule has 198 valence electrons. The molecule has 1 aromatic carbocycles. The van der Waals surface area contributed by atoms with Crippen molar-refractivity contribution in [3.63, 3.8) is 0 Å². The van der Waals surface area contributed by atoms with Gasteiger partial charge in [0, 0.05) is 0 Å². The lowest BCUT2D eigenvalue weighted by Crippen LogP contribution is -2.55. The van der Waals surface area contributed by atoms with E-state index in [2.05, 4.69) is 5.32 Å². The van der Waals surface area contributed by atoms with Crippen LogP contribution in [-0.4, -0.2) is 54.9 Å². The van der Waals surface area contributed by atoms with E-state index in [0.29, 0.717) is 5.56 Å². The van der Waals surface area contributed by atoms with Gasteiger partial charge in [-0.25, -0.2) is 0 Å². The third-order valence-corrected chi connectivity index (χ3v) is 6.49. The van der Waals surface area contributed by atoms with Crippen LogP contribution in [0.3, 0.4) is 0 Å². The van der Waals surface area contributed by atoms with Crippen LogP contribution in [0, 0.1) is 17.8 Å². The minimum Gasteiger partial charge on any atom is -0.466 e. The minimum atomic E-state index is -4.75. The normalized spacial score (nSPS) is 18.6. The average molecular weight is 531 g/mol. The maximum absolute atomic E-state index is 13.6. The first-order valence-corrected chi connectivity index (χ1v) is 11.7. The predicted molar refractivity (Wildman–Crippen MR) is 119 cm³/mol. The van der Waals surface area contributed by atoms with Gasteiger partial charge >= 0.3 is 18.3 Å². The molecule has 12 heteroatoms. The maximum atomic E-state index is 13.6. The first-order valence-electron chi connectivity index (χ1n) is 11.3. The molecule has 1 fully saturated rings. The monoisotopic (exact) mass is 530 g/mol. The maximum Gasteiger partial charge on any atom is 0.393 e. The molecule has 1 heterocycles. The summed E-state index contributed by atoms with van der Waals surface area (Å²) in [5.74, 6) is -5.69. The molecule has 1 aliphatic heterocycles. The fourth-order valence-electron chi connectivity index (χ4n) is 4.12. The number of rotatable bonds is 8. The number of alkyl halides is 6. The van der Waals surface area contributed by atoms with E-state index in [1.807, 2.05) is 0 Å². The van der Waals surface area contributed by atoms with E-state index in [1.165, 1.54) is 12.1 Å². The molecule has 2 rings (SSSR count). The zero-order valence-electron chi connectivity index (χ0n) is 19.6. The Morgan fingerprint density at radius 1 is 1.14 bits per heavy atom. The number of nitrogens with one attached hydrogen (secondary N) is 1. The number of piperidine rings is 1. The summed E-state index contributed by atoms with van der Waals surface area (Å²) in [6.07, 6.45) is -9.72. The topological polar surface area (TPSA) is 58.6 Å². The number of carbonyl (C=O) groups excluding carboxylic acids is 2. The van der Waals surface area contributed by atoms with Crippen molar-refractivity contribution in [3.05, 3.63) is 28.8 Å². The molecule has 0 bridgehead atoms. The van der Waals surface area contributed by atoms with Crippen molar-refractivity contribution in [2.24, 2.45) is 17.8 Å². The number of hydrogen-bond acceptors (Lipinski definition) is 4. The Labute approximate surface area is 205 Å². The van der Waals surface area contributed by atoms with Crippen LogP contribution >= 0.6 is 11.6 Å². The molecule has 1 aliphatic rings. The zero-order chi connectivity index (χ0) is 26.6. The summed E-state index contributed by atoms with van der Waals surface area (Å²) in [6.45, 7) is 3.77. The third kappa shape index (κ3) is 7.99. The summed E-state index contributed by atoms with van der Waals surface area (Å²) in [5, 5.41) is 2.49. The number of esters is 1. The van der Waals surface area contributed by atoms with Crippen LogP contribution in [0.25, 0.3) is 0 Å². The van der Waals surface area contributed by atoms with Crippen molar-refractivity contribution < 1.29 is 40.7 Å². The second-order valence-electron chi connectivity index (χ2n) is 8.79. The Balaban J connectivity index is 2.23. The van der Waals surface area contributed by atoms with Gasteiger partial charge in [-0.1, -0.05) is 31.5 Å². The SMILES string of the molecule is CCOC(=O)C(C)Cc1ccc(Cl)c(NC(=O)C(C(C)C(F)(F)F)N2CCC(C(F)(F)F)CC2)c1. The molecule has 0 saturated carbocycles. The van der Waals surface area contributed by atoms with E-state index in [-0.39, 0.29) is 49.7 Å². The van der Waals surface area contributed by atoms with Crippen molar-refractivity contribution in [2.45, 2.75) is 58.4 Å². The molecule has 1 saturated heterocycles. The van der Waals surface area contributed by atoms with Crippen LogP contribution in [0.4, 0.5) is 32.0 Å². The highest BCUT2D eigenvalue weighted by Gasteiger charge is 2.49. The fourth-order valence-corrected chi connectivity index (χ4v) is 4.28. The molecule has 0 spiro atoms. The fraction of sp³-hybridized carbons (Fsp3) is 0.652. The Hall–Kier alpha value is -2.01. The summed E-state index contributed by atoms with van der Waals surface area (Å²) in [7, 11) is 0. The number of ether oxygens (including phenoxy) is 1. The molecule has 0 aromatic heterocycles. The van der Waals surface area contributed by atoms with Crippen LogP contribution in [0.15, 0.2) is 18.2 Å². The van der Waals surface area contributed by atoms with Crippen molar-refractivity contribution in [2.75, 3.05) is 25.0 Å². The van der Waals surface area contributed by atoms with E-state index in [1.54, 1.807) is 19.9 Å². The highest BCUT2D eigenvalue weighted by atomic mass is 35.5. The molecule has 0 radical (unpaired) electrons. The number of benzene rings is 1. The van der Waals surface area contributed by atoms with E-state index < -0.39 is 48.0 Å². The standard InChI is InChI=1S/C23H29ClF6N2O3/c1-4-35-21(34)13(2)11-15-5-6-17(24)18(12-15)31-20(33)19(14(3)22(25,26)27)32-9-7-16(8-10-32)23(28,29)30/h5-6,12-14,16,19H,4,7-11H2,1-3H3,(H,31,33). The first kappa shape index (κ1) is 29.2. The number of carbonyl (C=O) groups is 2. The van der Waals surface area contributed by atoms with Gasteiger partial charge in [-0.3, -0.25) is 14.5 Å². The molecule has 35 heavy (non-hydrogen) atoms. The van der Waals surface area contributed by atoms with E-state index in [0.717, 1.165) is 11.8 Å². The van der Waals surface area contributed by atoms with Crippen LogP contribution in [0.2, 0.25) is 5.02 Å². The van der Waals surface area contributed by atoms with Gasteiger partial charge in [0.15, 0.2) is 0 Å². The van der Waals surface area contributed by atoms with Gasteiger partial charge in [-0.05, 0) is 57.0 Å². The van der Waals surface area contributed by atoms with Crippen molar-refractivity contribution in [1.29, 1.82) is 0 Å². The molecular formula is C23H29ClF6N2O3. The van der Waals surface area contributed by atoms with Crippen LogP contribution in [0.5, 0.6) is 0 Å². The number of hydrogen-bond donors (Lipinski definition) is 1. The zero-order valence-corrected chi connectivity index (χ0v) is 20.4. The predicted octanol–water partition coefficient (Wildman–Crippen LogP) is 5.86. The summed E-state index contributed by atoms with van der Waals surface area (Å²) in [4.78, 5) is 26.1. The van der Waals surface area contributed by atoms with Gasteiger partial charge < -0.3 is 10.1 Å². The summed E-state index contributed by atoms with van der Waals surface area (Å²) < 4.78 is 84.7. The van der Waals surface area contributed by atoms with Gasteiger partial charge in [0.2, 0.25) is 5.91 Å². The Morgan fingerprint density at radius 3 is 2.26 bits per heavy atom. The molecule has 3 unspecified atom stereocenters. The smallest absolute Gasteiger partial charge is 0.393 e. The van der Waals surface area contributed by atoms with E-state index in [9.17, 15) is 35.9 Å². The average Bonchev–Trinajstić information content (AvgIpc) is 2.75. The van der Waals surface area contributed by atoms with Gasteiger partial charge in [-0.15, -0.1) is 0 Å². The van der Waals surface area contributed by atoms with Gasteiger partial charge in [-0.2, -0.15) is 26.3 Å². The largest absolute Gasteiger partial charge is 0.466 e. The Morgan fingerprint density at radius 2 is 1.74 bits per heavy atom. The number of halogens is 7. The molecule has 1 aromatic rings. The number of likely N-dealkylation sites (tertiary alicyclic amines) is 1. The summed E-state index contributed by atoms with van der Waals surface area (Å²) in [5.41, 5.74) is 0.645. The third-order valence-electron chi connectivity index (χ3n) is 6.16. The van der Waals surface area contributed by atoms with Crippen LogP contribution in [-0.2, 0) is 20.7 Å². The minimum absolute atomic E-state index is 0.0507. The quantitative estimate of drug-likeness (QED) is 0.338. The van der Waals surface area contributed by atoms with Crippen LogP contribution < -0.4 is 5.32 Å². The highest BCUT2D eigenvalue weighted by Crippen LogP contribution is 2.38. The number of anilines is 1. The molecule has 5 nitrogen and oxygen atoms in total. The van der Waals surface area contributed by atoms with Crippen molar-refractivity contribution >= 4 is 29.2 Å². The molecule has 1 amide bonds. The summed E-state index contributed by atoms with van der Waals surface area (Å²) in [6, 6.07) is 2.79. The van der Waals surface area contributed by atoms with E-state index in [4.69, 9.17) is 16.3 Å². The first-order chi connectivity index (χ1) is 16.1. The van der Waals surface area contributed by atoms with Gasteiger partial charge in [0.1, 0.15) is 6.04 Å². The number of amides is 1. The van der Waals surface area contributed by atoms with Crippen molar-refractivity contribution in [3.8, 4) is 0 Å². The molecule has 0 aliphatic carbocycles. The second kappa shape index (κ2) is 11.8. The summed E-state index contributed by atoms with van der Waals surface area (Å²) >= 11 is 6.15. The van der Waals surface area contributed by atoms with E-state index >= 15 is 0 Å². The molecule has 1 N–H and O–H groups in total. The van der Waals surface area contributed by atoms with Gasteiger partial charge in [0.25, 0.3) is 0 Å². The lowest BCUT2D eigenvalue weighted by atomic mass is 9.91. The van der Waals surface area contributed by atoms with Gasteiger partial charge in [0.05, 0.1) is 35.1 Å². The number of nitrogens with zero attached hydrogens (tertiary/aromatic N) is 1. The molecule has 3 atom stereocenters. The Kier molecular flexibility index (Phi) is 9.87. The lowest BCUT2D eigenvalue weighted by Gasteiger charge is -2.40. The highest BCUT2D eigenvalue weighted by molar-refractivity contribution is 6.33. The second-order valence-corrected chi connectivity index (χ2v) is 9.19. The molecular weight excluding hydrogens is 502 g/mol. The lowest BCUT2D eigenvalue weighted by molar-refractivity contribution is -0.200. The Bertz CT molecular complexity index is 885. The van der Waals surface area contributed by atoms with Crippen molar-refractivity contribution in [1.82, 2.24) is 4.90 Å². The van der Waals surface area contributed by atoms with Crippen LogP contribution in [0.1, 0.15) is 39.2 Å².